The molecule has 0 bridgehead atoms. The van der Waals surface area contributed by atoms with Crippen molar-refractivity contribution in [2.75, 3.05) is 17.7 Å². The third-order valence-corrected chi connectivity index (χ3v) is 5.06. The minimum absolute atomic E-state index is 0.226. The summed E-state index contributed by atoms with van der Waals surface area (Å²) in [5.74, 6) is 1.17. The number of benzene rings is 2. The van der Waals surface area contributed by atoms with E-state index in [1.807, 2.05) is 6.92 Å². The summed E-state index contributed by atoms with van der Waals surface area (Å²) in [6.45, 7) is 2.08. The number of carbonyl (C=O) groups is 1. The standard InChI is InChI=1S/C18H16Cl2N4O3S/c1-10-7-15(26-2)14(8-13(10)20)21-17(25)22-18-24-23-16(28-18)9-27-12-5-3-11(19)4-6-12/h3-8H,9H2,1-2H3,(H2,21,22,24,25). The molecule has 0 fully saturated rings. The van der Waals surface area contributed by atoms with E-state index in [9.17, 15) is 4.79 Å². The van der Waals surface area contributed by atoms with E-state index in [-0.39, 0.29) is 6.61 Å². The summed E-state index contributed by atoms with van der Waals surface area (Å²) < 4.78 is 10.9. The largest absolute Gasteiger partial charge is 0.495 e. The van der Waals surface area contributed by atoms with Crippen molar-refractivity contribution in [3.8, 4) is 11.5 Å². The summed E-state index contributed by atoms with van der Waals surface area (Å²) in [5.41, 5.74) is 1.30. The normalized spacial score (nSPS) is 10.4. The second-order valence-electron chi connectivity index (χ2n) is 5.62. The zero-order valence-electron chi connectivity index (χ0n) is 15.0. The Morgan fingerprint density at radius 1 is 1.14 bits per heavy atom. The van der Waals surface area contributed by atoms with E-state index in [1.165, 1.54) is 18.4 Å². The molecular weight excluding hydrogens is 423 g/mol. The lowest BCUT2D eigenvalue weighted by molar-refractivity contribution is 0.262. The molecule has 7 nitrogen and oxygen atoms in total. The fourth-order valence-corrected chi connectivity index (χ4v) is 3.15. The SMILES string of the molecule is COc1cc(C)c(Cl)cc1NC(=O)Nc1nnc(COc2ccc(Cl)cc2)s1. The van der Waals surface area contributed by atoms with Crippen molar-refractivity contribution < 1.29 is 14.3 Å². The van der Waals surface area contributed by atoms with Crippen LogP contribution in [0.25, 0.3) is 0 Å². The Kier molecular flexibility index (Phi) is 6.56. The number of ether oxygens (including phenoxy) is 2. The van der Waals surface area contributed by atoms with Crippen LogP contribution in [-0.4, -0.2) is 23.3 Å². The molecule has 0 saturated heterocycles. The Bertz CT molecular complexity index is 979. The number of urea groups is 1. The van der Waals surface area contributed by atoms with E-state index in [0.717, 1.165) is 5.56 Å². The van der Waals surface area contributed by atoms with Crippen LogP contribution in [0.15, 0.2) is 36.4 Å². The molecule has 2 aromatic carbocycles. The van der Waals surface area contributed by atoms with E-state index in [1.54, 1.807) is 36.4 Å². The van der Waals surface area contributed by atoms with Gasteiger partial charge in [-0.1, -0.05) is 34.5 Å². The molecule has 146 valence electrons. The maximum absolute atomic E-state index is 12.2. The van der Waals surface area contributed by atoms with Crippen LogP contribution in [0.4, 0.5) is 15.6 Å². The number of aryl methyl sites for hydroxylation is 1. The Labute approximate surface area is 175 Å². The van der Waals surface area contributed by atoms with E-state index >= 15 is 0 Å². The quantitative estimate of drug-likeness (QED) is 0.538. The van der Waals surface area contributed by atoms with E-state index in [4.69, 9.17) is 32.7 Å². The molecule has 0 aliphatic heterocycles. The number of anilines is 2. The van der Waals surface area contributed by atoms with Crippen LogP contribution in [0.5, 0.6) is 11.5 Å². The van der Waals surface area contributed by atoms with Crippen LogP contribution >= 0.6 is 34.5 Å². The fourth-order valence-electron chi connectivity index (χ4n) is 2.21. The van der Waals surface area contributed by atoms with Crippen molar-refractivity contribution >= 4 is 51.4 Å². The van der Waals surface area contributed by atoms with Crippen molar-refractivity contribution in [1.82, 2.24) is 10.2 Å². The van der Waals surface area contributed by atoms with Crippen LogP contribution < -0.4 is 20.1 Å². The number of methoxy groups -OCH3 is 1. The van der Waals surface area contributed by atoms with Gasteiger partial charge in [-0.15, -0.1) is 10.2 Å². The van der Waals surface area contributed by atoms with Crippen molar-refractivity contribution in [2.24, 2.45) is 0 Å². The number of halogens is 2. The highest BCUT2D eigenvalue weighted by Crippen LogP contribution is 2.31. The molecular formula is C18H16Cl2N4O3S. The predicted molar refractivity (Wildman–Crippen MR) is 111 cm³/mol. The first-order valence-electron chi connectivity index (χ1n) is 8.07. The molecule has 0 aliphatic rings. The summed E-state index contributed by atoms with van der Waals surface area (Å²) in [6, 6.07) is 9.88. The molecule has 0 radical (unpaired) electrons. The van der Waals surface area contributed by atoms with Gasteiger partial charge >= 0.3 is 6.03 Å². The van der Waals surface area contributed by atoms with E-state index < -0.39 is 6.03 Å². The molecule has 0 saturated carbocycles. The number of nitrogens with one attached hydrogen (secondary N) is 2. The second-order valence-corrected chi connectivity index (χ2v) is 7.53. The molecule has 10 heteroatoms. The first-order chi connectivity index (χ1) is 13.4. The zero-order chi connectivity index (χ0) is 20.1. The maximum atomic E-state index is 12.2. The molecule has 2 N–H and O–H groups in total. The highest BCUT2D eigenvalue weighted by atomic mass is 35.5. The number of nitrogens with zero attached hydrogens (tertiary/aromatic N) is 2. The van der Waals surface area contributed by atoms with Crippen molar-refractivity contribution in [2.45, 2.75) is 13.5 Å². The van der Waals surface area contributed by atoms with Gasteiger partial charge in [0.05, 0.1) is 12.8 Å². The molecule has 1 heterocycles. The van der Waals surface area contributed by atoms with Gasteiger partial charge in [0.25, 0.3) is 0 Å². The average Bonchev–Trinajstić information content (AvgIpc) is 3.11. The molecule has 0 atom stereocenters. The van der Waals surface area contributed by atoms with Gasteiger partial charge in [-0.2, -0.15) is 0 Å². The summed E-state index contributed by atoms with van der Waals surface area (Å²) in [4.78, 5) is 12.2. The molecule has 28 heavy (non-hydrogen) atoms. The smallest absolute Gasteiger partial charge is 0.325 e. The lowest BCUT2D eigenvalue weighted by Crippen LogP contribution is -2.19. The van der Waals surface area contributed by atoms with Gasteiger partial charge in [-0.3, -0.25) is 5.32 Å². The van der Waals surface area contributed by atoms with Crippen LogP contribution in [0.3, 0.4) is 0 Å². The summed E-state index contributed by atoms with van der Waals surface area (Å²) in [6.07, 6.45) is 0. The number of carbonyl (C=O) groups excluding carboxylic acids is 1. The molecule has 0 aliphatic carbocycles. The Morgan fingerprint density at radius 3 is 2.61 bits per heavy atom. The highest BCUT2D eigenvalue weighted by molar-refractivity contribution is 7.15. The zero-order valence-corrected chi connectivity index (χ0v) is 17.3. The van der Waals surface area contributed by atoms with Crippen molar-refractivity contribution in [3.63, 3.8) is 0 Å². The third-order valence-electron chi connectivity index (χ3n) is 3.59. The molecule has 3 rings (SSSR count). The lowest BCUT2D eigenvalue weighted by Gasteiger charge is -2.12. The lowest BCUT2D eigenvalue weighted by atomic mass is 10.2. The van der Waals surface area contributed by atoms with Crippen LogP contribution in [-0.2, 0) is 6.61 Å². The van der Waals surface area contributed by atoms with Crippen molar-refractivity contribution in [1.29, 1.82) is 0 Å². The molecule has 0 spiro atoms. The average molecular weight is 439 g/mol. The van der Waals surface area contributed by atoms with Gasteiger partial charge in [-0.25, -0.2) is 4.79 Å². The number of hydrogen-bond donors (Lipinski definition) is 2. The molecule has 0 unspecified atom stereocenters. The maximum Gasteiger partial charge on any atom is 0.325 e. The first-order valence-corrected chi connectivity index (χ1v) is 9.64. The van der Waals surface area contributed by atoms with Crippen molar-refractivity contribution in [3.05, 3.63) is 57.0 Å². The minimum atomic E-state index is -0.487. The summed E-state index contributed by atoms with van der Waals surface area (Å²) in [7, 11) is 1.52. The molecule has 3 aromatic rings. The first kappa shape index (κ1) is 20.2. The van der Waals surface area contributed by atoms with Crippen LogP contribution in [0, 0.1) is 6.92 Å². The Balaban J connectivity index is 1.58. The topological polar surface area (TPSA) is 85.4 Å². The van der Waals surface area contributed by atoms with Gasteiger partial charge in [-0.05, 0) is 48.9 Å². The molecule has 1 aromatic heterocycles. The number of amides is 2. The van der Waals surface area contributed by atoms with Crippen LogP contribution in [0.2, 0.25) is 10.0 Å². The summed E-state index contributed by atoms with van der Waals surface area (Å²) in [5, 5.41) is 15.3. The molecule has 2 amide bonds. The van der Waals surface area contributed by atoms with Gasteiger partial charge in [0.15, 0.2) is 5.01 Å². The van der Waals surface area contributed by atoms with Crippen LogP contribution in [0.1, 0.15) is 10.6 Å². The summed E-state index contributed by atoms with van der Waals surface area (Å²) >= 11 is 13.2. The third kappa shape index (κ3) is 5.25. The monoisotopic (exact) mass is 438 g/mol. The highest BCUT2D eigenvalue weighted by Gasteiger charge is 2.13. The second kappa shape index (κ2) is 9.09. The predicted octanol–water partition coefficient (Wildman–Crippen LogP) is 5.38. The number of hydrogen-bond acceptors (Lipinski definition) is 6. The Hall–Kier alpha value is -2.55. The number of aromatic nitrogens is 2. The fraction of sp³-hybridized carbons (Fsp3) is 0.167. The van der Waals surface area contributed by atoms with E-state index in [2.05, 4.69) is 20.8 Å². The van der Waals surface area contributed by atoms with E-state index in [0.29, 0.717) is 37.4 Å². The minimum Gasteiger partial charge on any atom is -0.495 e. The number of rotatable bonds is 6. The van der Waals surface area contributed by atoms with Gasteiger partial charge in [0.1, 0.15) is 18.1 Å². The van der Waals surface area contributed by atoms with Gasteiger partial charge in [0.2, 0.25) is 5.13 Å². The Morgan fingerprint density at radius 2 is 1.89 bits per heavy atom. The van der Waals surface area contributed by atoms with Gasteiger partial charge < -0.3 is 14.8 Å². The van der Waals surface area contributed by atoms with Gasteiger partial charge in [0, 0.05) is 10.0 Å².